The van der Waals surface area contributed by atoms with E-state index in [1.807, 2.05) is 0 Å². The van der Waals surface area contributed by atoms with Crippen LogP contribution in [0.2, 0.25) is 0 Å². The molecule has 2 amide bonds. The summed E-state index contributed by atoms with van der Waals surface area (Å²) in [5, 5.41) is 8.39. The van der Waals surface area contributed by atoms with Crippen LogP contribution >= 0.6 is 0 Å². The second-order valence-electron chi connectivity index (χ2n) is 6.24. The summed E-state index contributed by atoms with van der Waals surface area (Å²) in [7, 11) is 0. The molecule has 0 aliphatic carbocycles. The number of aromatic nitrogens is 2. The maximum absolute atomic E-state index is 12.5. The minimum atomic E-state index is -0.403. The first-order chi connectivity index (χ1) is 13.9. The Hall–Kier alpha value is -4.07. The average molecular weight is 389 g/mol. The Morgan fingerprint density at radius 1 is 0.828 bits per heavy atom. The lowest BCUT2D eigenvalue weighted by Crippen LogP contribution is -2.15. The van der Waals surface area contributed by atoms with Crippen molar-refractivity contribution in [3.63, 3.8) is 0 Å². The van der Waals surface area contributed by atoms with Crippen LogP contribution in [0.4, 0.5) is 23.0 Å². The maximum Gasteiger partial charge on any atom is 0.274 e. The molecule has 0 aliphatic heterocycles. The third kappa shape index (κ3) is 5.46. The highest BCUT2D eigenvalue weighted by Gasteiger charge is 2.10. The predicted octanol–water partition coefficient (Wildman–Crippen LogP) is 3.63. The third-order valence-corrected chi connectivity index (χ3v) is 3.88. The van der Waals surface area contributed by atoms with Crippen molar-refractivity contribution >= 4 is 40.6 Å². The summed E-state index contributed by atoms with van der Waals surface area (Å²) in [5.74, 6) is -0.386. The molecular formula is C21H19N5O3. The maximum atomic E-state index is 12.5. The second-order valence-corrected chi connectivity index (χ2v) is 6.24. The minimum Gasteiger partial charge on any atom is -0.326 e. The molecule has 1 heterocycles. The smallest absolute Gasteiger partial charge is 0.274 e. The van der Waals surface area contributed by atoms with Crippen LogP contribution in [0.15, 0.2) is 60.8 Å². The molecule has 0 spiro atoms. The summed E-state index contributed by atoms with van der Waals surface area (Å²) < 4.78 is 0. The van der Waals surface area contributed by atoms with Gasteiger partial charge in [-0.1, -0.05) is 12.1 Å². The number of anilines is 4. The normalized spacial score (nSPS) is 10.1. The van der Waals surface area contributed by atoms with E-state index in [2.05, 4.69) is 25.9 Å². The van der Waals surface area contributed by atoms with Gasteiger partial charge < -0.3 is 16.0 Å². The van der Waals surface area contributed by atoms with E-state index in [0.29, 0.717) is 22.6 Å². The van der Waals surface area contributed by atoms with Crippen LogP contribution in [0.1, 0.15) is 34.7 Å². The van der Waals surface area contributed by atoms with Gasteiger partial charge in [-0.3, -0.25) is 14.4 Å². The zero-order valence-electron chi connectivity index (χ0n) is 15.9. The monoisotopic (exact) mass is 389 g/mol. The molecule has 3 rings (SSSR count). The summed E-state index contributed by atoms with van der Waals surface area (Å²) in [6.45, 7) is 2.91. The van der Waals surface area contributed by atoms with E-state index >= 15 is 0 Å². The molecule has 0 unspecified atom stereocenters. The van der Waals surface area contributed by atoms with Crippen LogP contribution in [-0.4, -0.2) is 27.6 Å². The highest BCUT2D eigenvalue weighted by Crippen LogP contribution is 2.17. The van der Waals surface area contributed by atoms with Crippen LogP contribution in [0.5, 0.6) is 0 Å². The second kappa shape index (κ2) is 8.75. The molecule has 146 valence electrons. The number of nitrogens with one attached hydrogen (secondary N) is 3. The van der Waals surface area contributed by atoms with Crippen molar-refractivity contribution in [1.82, 2.24) is 9.97 Å². The molecule has 2 aromatic carbocycles. The fourth-order valence-electron chi connectivity index (χ4n) is 2.53. The van der Waals surface area contributed by atoms with Gasteiger partial charge in [-0.05, 0) is 49.4 Å². The Kier molecular flexibility index (Phi) is 5.94. The average Bonchev–Trinajstić information content (AvgIpc) is 2.69. The molecular weight excluding hydrogens is 370 g/mol. The van der Waals surface area contributed by atoms with Crippen molar-refractivity contribution in [2.75, 3.05) is 16.0 Å². The Labute approximate surface area is 167 Å². The molecule has 0 atom stereocenters. The number of hydrogen-bond acceptors (Lipinski definition) is 6. The van der Waals surface area contributed by atoms with Gasteiger partial charge in [0, 0.05) is 35.7 Å². The zero-order chi connectivity index (χ0) is 20.8. The molecule has 8 heteroatoms. The summed E-state index contributed by atoms with van der Waals surface area (Å²) >= 11 is 0. The molecule has 29 heavy (non-hydrogen) atoms. The van der Waals surface area contributed by atoms with E-state index in [4.69, 9.17) is 0 Å². The minimum absolute atomic E-state index is 0.0489. The van der Waals surface area contributed by atoms with Crippen LogP contribution in [0.3, 0.4) is 0 Å². The number of benzene rings is 2. The number of carbonyl (C=O) groups is 3. The van der Waals surface area contributed by atoms with Crippen molar-refractivity contribution in [2.45, 2.75) is 13.8 Å². The van der Waals surface area contributed by atoms with Crippen LogP contribution in [-0.2, 0) is 4.79 Å². The molecule has 0 saturated carbocycles. The van der Waals surface area contributed by atoms with E-state index in [1.165, 1.54) is 26.1 Å². The van der Waals surface area contributed by atoms with E-state index in [1.54, 1.807) is 48.5 Å². The van der Waals surface area contributed by atoms with Crippen molar-refractivity contribution in [3.05, 3.63) is 72.1 Å². The highest BCUT2D eigenvalue weighted by atomic mass is 16.2. The van der Waals surface area contributed by atoms with E-state index in [0.717, 1.165) is 0 Å². The first-order valence-corrected chi connectivity index (χ1v) is 8.81. The van der Waals surface area contributed by atoms with Crippen molar-refractivity contribution < 1.29 is 14.4 Å². The fraction of sp³-hybridized carbons (Fsp3) is 0.0952. The molecule has 3 N–H and O–H groups in total. The van der Waals surface area contributed by atoms with Gasteiger partial charge in [0.1, 0.15) is 5.69 Å². The predicted molar refractivity (Wildman–Crippen MR) is 110 cm³/mol. The van der Waals surface area contributed by atoms with Crippen LogP contribution in [0, 0.1) is 0 Å². The topological polar surface area (TPSA) is 113 Å². The number of hydrogen-bond donors (Lipinski definition) is 3. The number of carbonyl (C=O) groups excluding carboxylic acids is 3. The number of nitrogens with zero attached hydrogens (tertiary/aromatic N) is 2. The molecule has 0 saturated heterocycles. The molecule has 8 nitrogen and oxygen atoms in total. The van der Waals surface area contributed by atoms with Gasteiger partial charge in [0.2, 0.25) is 11.9 Å². The molecule has 3 aromatic rings. The van der Waals surface area contributed by atoms with Gasteiger partial charge in [0.15, 0.2) is 5.78 Å². The number of rotatable bonds is 6. The van der Waals surface area contributed by atoms with E-state index in [9.17, 15) is 14.4 Å². The summed E-state index contributed by atoms with van der Waals surface area (Å²) in [6, 6.07) is 15.2. The van der Waals surface area contributed by atoms with Crippen molar-refractivity contribution in [2.24, 2.45) is 0 Å². The summed E-state index contributed by atoms with van der Waals surface area (Å²) in [6.07, 6.45) is 1.47. The third-order valence-electron chi connectivity index (χ3n) is 3.88. The van der Waals surface area contributed by atoms with Crippen LogP contribution in [0.25, 0.3) is 0 Å². The summed E-state index contributed by atoms with van der Waals surface area (Å²) in [5.41, 5.74) is 2.58. The zero-order valence-corrected chi connectivity index (χ0v) is 15.9. The molecule has 1 aromatic heterocycles. The Balaban J connectivity index is 1.70. The number of Topliss-reactive ketones (excluding diaryl/α,β-unsaturated/α-hetero) is 1. The van der Waals surface area contributed by atoms with Crippen LogP contribution < -0.4 is 16.0 Å². The first-order valence-electron chi connectivity index (χ1n) is 8.81. The largest absolute Gasteiger partial charge is 0.326 e. The molecule has 0 fully saturated rings. The van der Waals surface area contributed by atoms with E-state index < -0.39 is 5.91 Å². The first kappa shape index (κ1) is 19.7. The van der Waals surface area contributed by atoms with Crippen molar-refractivity contribution in [3.8, 4) is 0 Å². The lowest BCUT2D eigenvalue weighted by molar-refractivity contribution is -0.114. The Bertz CT molecular complexity index is 1060. The number of ketones is 1. The quantitative estimate of drug-likeness (QED) is 0.555. The summed E-state index contributed by atoms with van der Waals surface area (Å²) in [4.78, 5) is 43.4. The standard InChI is InChI=1S/C21H19N5O3/c1-13(27)15-4-3-5-18(12-15)25-21-22-11-10-19(26-21)20(29)24-17-8-6-16(7-9-17)23-14(2)28/h3-12H,1-2H3,(H,23,28)(H,24,29)(H,22,25,26). The highest BCUT2D eigenvalue weighted by molar-refractivity contribution is 6.03. The number of amides is 2. The van der Waals surface area contributed by atoms with Gasteiger partial charge in [-0.2, -0.15) is 0 Å². The molecule has 0 radical (unpaired) electrons. The van der Waals surface area contributed by atoms with Gasteiger partial charge in [0.25, 0.3) is 5.91 Å². The Morgan fingerprint density at radius 2 is 1.52 bits per heavy atom. The van der Waals surface area contributed by atoms with Gasteiger partial charge in [0.05, 0.1) is 0 Å². The lowest BCUT2D eigenvalue weighted by atomic mass is 10.1. The van der Waals surface area contributed by atoms with Gasteiger partial charge in [-0.25, -0.2) is 9.97 Å². The van der Waals surface area contributed by atoms with Crippen molar-refractivity contribution in [1.29, 1.82) is 0 Å². The molecule has 0 bridgehead atoms. The van der Waals surface area contributed by atoms with Gasteiger partial charge in [-0.15, -0.1) is 0 Å². The Morgan fingerprint density at radius 3 is 2.17 bits per heavy atom. The fourth-order valence-corrected chi connectivity index (χ4v) is 2.53. The lowest BCUT2D eigenvalue weighted by Gasteiger charge is -2.09. The molecule has 0 aliphatic rings. The van der Waals surface area contributed by atoms with E-state index in [-0.39, 0.29) is 23.3 Å². The van der Waals surface area contributed by atoms with Gasteiger partial charge >= 0.3 is 0 Å². The SMILES string of the molecule is CC(=O)Nc1ccc(NC(=O)c2ccnc(Nc3cccc(C(C)=O)c3)n2)cc1.